The Kier molecular flexibility index (Phi) is 3.58. The van der Waals surface area contributed by atoms with Crippen LogP contribution in [0.1, 0.15) is 44.1 Å². The van der Waals surface area contributed by atoms with Crippen molar-refractivity contribution in [2.24, 2.45) is 22.7 Å². The van der Waals surface area contributed by atoms with Crippen LogP contribution in [0.25, 0.3) is 0 Å². The molecule has 2 amide bonds. The van der Waals surface area contributed by atoms with Crippen LogP contribution < -0.4 is 4.90 Å². The minimum Gasteiger partial charge on any atom is -0.441 e. The lowest BCUT2D eigenvalue weighted by Crippen LogP contribution is -2.52. The summed E-state index contributed by atoms with van der Waals surface area (Å²) in [7, 11) is 1.70. The summed E-state index contributed by atoms with van der Waals surface area (Å²) in [6.45, 7) is 0. The van der Waals surface area contributed by atoms with Gasteiger partial charge in [0, 0.05) is 17.1 Å². The first-order valence-corrected chi connectivity index (χ1v) is 10.1. The molecule has 1 aliphatic heterocycles. The van der Waals surface area contributed by atoms with E-state index in [1.165, 1.54) is 24.2 Å². The first kappa shape index (κ1) is 16.5. The quantitative estimate of drug-likeness (QED) is 0.684. The monoisotopic (exact) mass is 416 g/mol. The molecule has 0 unspecified atom stereocenters. The van der Waals surface area contributed by atoms with E-state index in [0.717, 1.165) is 29.4 Å². The lowest BCUT2D eigenvalue weighted by molar-refractivity contribution is -0.125. The average molecular weight is 417 g/mol. The van der Waals surface area contributed by atoms with Crippen molar-refractivity contribution in [3.05, 3.63) is 28.2 Å². The molecule has 4 saturated carbocycles. The van der Waals surface area contributed by atoms with Gasteiger partial charge in [-0.1, -0.05) is 15.9 Å². The van der Waals surface area contributed by atoms with Gasteiger partial charge in [-0.15, -0.1) is 0 Å². The summed E-state index contributed by atoms with van der Waals surface area (Å²) < 4.78 is 6.78. The van der Waals surface area contributed by atoms with Crippen molar-refractivity contribution >= 4 is 39.3 Å². The van der Waals surface area contributed by atoms with Gasteiger partial charge in [0.25, 0.3) is 5.91 Å². The zero-order valence-electron chi connectivity index (χ0n) is 14.7. The lowest BCUT2D eigenvalue weighted by atomic mass is 9.54. The molecule has 5 aliphatic rings. The predicted molar refractivity (Wildman–Crippen MR) is 101 cm³/mol. The van der Waals surface area contributed by atoms with Crippen molar-refractivity contribution in [3.63, 3.8) is 0 Å². The van der Waals surface area contributed by atoms with Gasteiger partial charge in [0.15, 0.2) is 0 Å². The zero-order chi connectivity index (χ0) is 18.1. The number of ether oxygens (including phenoxy) is 1. The molecule has 6 heteroatoms. The number of anilines is 1. The Morgan fingerprint density at radius 3 is 2.42 bits per heavy atom. The highest BCUT2D eigenvalue weighted by Crippen LogP contribution is 2.57. The van der Waals surface area contributed by atoms with E-state index < -0.39 is 6.09 Å². The van der Waals surface area contributed by atoms with E-state index in [-0.39, 0.29) is 17.2 Å². The summed E-state index contributed by atoms with van der Waals surface area (Å²) in [6, 6.07) is 5.55. The van der Waals surface area contributed by atoms with Crippen LogP contribution in [0.2, 0.25) is 0 Å². The van der Waals surface area contributed by atoms with Crippen LogP contribution in [0.4, 0.5) is 10.5 Å². The number of hydrogen-bond donors (Lipinski definition) is 0. The Balaban J connectivity index is 1.42. The van der Waals surface area contributed by atoms with Crippen LogP contribution in [0, 0.1) is 17.8 Å². The Hall–Kier alpha value is -1.69. The molecule has 136 valence electrons. The number of benzene rings is 1. The van der Waals surface area contributed by atoms with Gasteiger partial charge in [-0.25, -0.2) is 4.79 Å². The van der Waals surface area contributed by atoms with Crippen molar-refractivity contribution < 1.29 is 14.3 Å². The first-order chi connectivity index (χ1) is 12.4. The maximum Gasteiger partial charge on any atom is 0.434 e. The lowest BCUT2D eigenvalue weighted by Gasteiger charge is -2.55. The van der Waals surface area contributed by atoms with Gasteiger partial charge in [-0.2, -0.15) is 4.99 Å². The topological polar surface area (TPSA) is 59.0 Å². The fourth-order valence-corrected chi connectivity index (χ4v) is 6.30. The number of nitrogens with zero attached hydrogens (tertiary/aromatic N) is 2. The molecule has 0 spiro atoms. The van der Waals surface area contributed by atoms with Gasteiger partial charge >= 0.3 is 6.09 Å². The molecule has 0 aromatic heterocycles. The number of rotatable bonds is 1. The highest BCUT2D eigenvalue weighted by Gasteiger charge is 2.53. The Labute approximate surface area is 160 Å². The van der Waals surface area contributed by atoms with Gasteiger partial charge in [-0.3, -0.25) is 4.79 Å². The second-order valence-electron chi connectivity index (χ2n) is 8.45. The number of hydrogen-bond acceptors (Lipinski definition) is 3. The maximum atomic E-state index is 12.6. The van der Waals surface area contributed by atoms with Gasteiger partial charge in [0.05, 0.1) is 5.69 Å². The number of aliphatic imine (C=N–C) groups is 1. The van der Waals surface area contributed by atoms with Gasteiger partial charge in [0.1, 0.15) is 11.3 Å². The molecule has 5 nitrogen and oxygen atoms in total. The summed E-state index contributed by atoms with van der Waals surface area (Å²) in [5.74, 6) is 1.81. The molecular weight excluding hydrogens is 396 g/mol. The second-order valence-corrected chi connectivity index (χ2v) is 9.37. The maximum absolute atomic E-state index is 12.6. The summed E-state index contributed by atoms with van der Waals surface area (Å²) in [6.07, 6.45) is 6.14. The van der Waals surface area contributed by atoms with Crippen LogP contribution in [-0.2, 0) is 9.53 Å². The largest absolute Gasteiger partial charge is 0.441 e. The third-order valence-electron chi connectivity index (χ3n) is 6.57. The molecule has 0 saturated heterocycles. The Morgan fingerprint density at radius 2 is 1.81 bits per heavy atom. The molecule has 0 atom stereocenters. The average Bonchev–Trinajstić information content (AvgIpc) is 2.77. The van der Waals surface area contributed by atoms with Gasteiger partial charge in [0.2, 0.25) is 0 Å². The molecule has 4 aliphatic carbocycles. The number of likely N-dealkylation sites (N-methyl/N-ethyl adjacent to an activating group) is 1. The molecule has 1 aromatic rings. The predicted octanol–water partition coefficient (Wildman–Crippen LogP) is 4.32. The van der Waals surface area contributed by atoms with Gasteiger partial charge in [-0.05, 0) is 74.5 Å². The van der Waals surface area contributed by atoms with Crippen molar-refractivity contribution in [1.82, 2.24) is 0 Å². The molecule has 4 fully saturated rings. The number of amides is 2. The van der Waals surface area contributed by atoms with Crippen LogP contribution in [0.15, 0.2) is 27.7 Å². The minimum absolute atomic E-state index is 0.179. The third-order valence-corrected chi connectivity index (χ3v) is 7.06. The molecule has 0 N–H and O–H groups in total. The summed E-state index contributed by atoms with van der Waals surface area (Å²) >= 11 is 3.42. The van der Waals surface area contributed by atoms with Crippen LogP contribution in [-0.4, -0.2) is 30.4 Å². The van der Waals surface area contributed by atoms with E-state index in [2.05, 4.69) is 20.9 Å². The first-order valence-electron chi connectivity index (χ1n) is 9.32. The SMILES string of the molecule is CN1C(=O)/C(=N\C(=O)OC23CC4CC(CC(C4)C2)C3)c2cc(Br)ccc21. The zero-order valence-corrected chi connectivity index (χ0v) is 16.3. The number of halogens is 1. The van der Waals surface area contributed by atoms with Crippen LogP contribution in [0.3, 0.4) is 0 Å². The number of carbonyl (C=O) groups is 2. The normalized spacial score (nSPS) is 35.9. The molecule has 6 rings (SSSR count). The minimum atomic E-state index is -0.614. The number of fused-ring (bicyclic) bond motifs is 1. The molecule has 26 heavy (non-hydrogen) atoms. The van der Waals surface area contributed by atoms with Crippen molar-refractivity contribution in [2.75, 3.05) is 11.9 Å². The van der Waals surface area contributed by atoms with Crippen LogP contribution >= 0.6 is 15.9 Å². The van der Waals surface area contributed by atoms with E-state index in [1.54, 1.807) is 7.05 Å². The van der Waals surface area contributed by atoms with E-state index in [1.807, 2.05) is 18.2 Å². The molecule has 0 radical (unpaired) electrons. The standard InChI is InChI=1S/C20H21BrN2O3/c1-23-16-3-2-14(21)7-15(16)17(18(23)24)22-19(25)26-20-8-11-4-12(9-20)6-13(5-11)10-20/h2-3,7,11-13H,4-6,8-10H2,1H3/b22-17-. The van der Waals surface area contributed by atoms with Crippen molar-refractivity contribution in [3.8, 4) is 0 Å². The number of carbonyl (C=O) groups excluding carboxylic acids is 2. The fraction of sp³-hybridized carbons (Fsp3) is 0.550. The molecule has 4 bridgehead atoms. The third kappa shape index (κ3) is 2.53. The molecule has 1 aromatic carbocycles. The van der Waals surface area contributed by atoms with E-state index >= 15 is 0 Å². The van der Waals surface area contributed by atoms with Crippen LogP contribution in [0.5, 0.6) is 0 Å². The molecule has 1 heterocycles. The summed E-state index contributed by atoms with van der Waals surface area (Å²) in [4.78, 5) is 30.8. The van der Waals surface area contributed by atoms with E-state index in [0.29, 0.717) is 23.3 Å². The summed E-state index contributed by atoms with van der Waals surface area (Å²) in [5, 5.41) is 0. The summed E-state index contributed by atoms with van der Waals surface area (Å²) in [5.41, 5.74) is 1.27. The fourth-order valence-electron chi connectivity index (χ4n) is 5.94. The highest BCUT2D eigenvalue weighted by molar-refractivity contribution is 9.10. The Bertz CT molecular complexity index is 812. The van der Waals surface area contributed by atoms with E-state index in [4.69, 9.17) is 4.74 Å². The highest BCUT2D eigenvalue weighted by atomic mass is 79.9. The molecular formula is C20H21BrN2O3. The second kappa shape index (κ2) is 5.65. The smallest absolute Gasteiger partial charge is 0.434 e. The van der Waals surface area contributed by atoms with E-state index in [9.17, 15) is 9.59 Å². The van der Waals surface area contributed by atoms with Crippen molar-refractivity contribution in [2.45, 2.75) is 44.1 Å². The van der Waals surface area contributed by atoms with Gasteiger partial charge < -0.3 is 9.64 Å². The Morgan fingerprint density at radius 1 is 1.19 bits per heavy atom. The van der Waals surface area contributed by atoms with Crippen molar-refractivity contribution in [1.29, 1.82) is 0 Å².